The Morgan fingerprint density at radius 1 is 1.10 bits per heavy atom. The lowest BCUT2D eigenvalue weighted by Gasteiger charge is -2.29. The fraction of sp³-hybridized carbons (Fsp3) is 0.381. The summed E-state index contributed by atoms with van der Waals surface area (Å²) in [5.74, 6) is 0.538. The molecule has 0 radical (unpaired) electrons. The summed E-state index contributed by atoms with van der Waals surface area (Å²) in [6, 6.07) is 10.6. The van der Waals surface area contributed by atoms with Gasteiger partial charge < -0.3 is 20.0 Å². The van der Waals surface area contributed by atoms with Gasteiger partial charge in [0.1, 0.15) is 10.7 Å². The van der Waals surface area contributed by atoms with Gasteiger partial charge in [-0.2, -0.15) is 4.98 Å². The van der Waals surface area contributed by atoms with E-state index in [1.165, 1.54) is 12.1 Å². The molecule has 2 heterocycles. The average molecular weight is 424 g/mol. The fourth-order valence-electron chi connectivity index (χ4n) is 3.83. The van der Waals surface area contributed by atoms with E-state index in [2.05, 4.69) is 20.6 Å². The molecule has 10 nitrogen and oxygen atoms in total. The van der Waals surface area contributed by atoms with Crippen molar-refractivity contribution < 1.29 is 14.1 Å². The summed E-state index contributed by atoms with van der Waals surface area (Å²) >= 11 is 0. The number of anilines is 2. The van der Waals surface area contributed by atoms with Gasteiger partial charge in [0.2, 0.25) is 5.95 Å². The number of carbonyl (C=O) groups is 1. The number of nitrogens with zero attached hydrogens (tertiary/aromatic N) is 4. The largest absolute Gasteiger partial charge is 0.433 e. The van der Waals surface area contributed by atoms with Crippen LogP contribution >= 0.6 is 0 Å². The van der Waals surface area contributed by atoms with Crippen LogP contribution in [0.3, 0.4) is 0 Å². The molecule has 2 aromatic heterocycles. The molecule has 1 fully saturated rings. The molecular formula is C21H24N6O4. The van der Waals surface area contributed by atoms with Crippen LogP contribution in [-0.4, -0.2) is 47.0 Å². The van der Waals surface area contributed by atoms with Crippen LogP contribution in [0.1, 0.15) is 36.2 Å². The SMILES string of the molecule is CN(C)c1nc(NC2CCC(NC(=O)c3ccc([N+](=O)[O-])o3)CC2)nc2ccccc12. The van der Waals surface area contributed by atoms with E-state index in [0.29, 0.717) is 5.95 Å². The Kier molecular flexibility index (Phi) is 5.70. The number of hydrogen-bond acceptors (Lipinski definition) is 8. The van der Waals surface area contributed by atoms with Crippen LogP contribution in [0.15, 0.2) is 40.8 Å². The van der Waals surface area contributed by atoms with Crippen LogP contribution in [0.2, 0.25) is 0 Å². The van der Waals surface area contributed by atoms with E-state index >= 15 is 0 Å². The molecule has 162 valence electrons. The van der Waals surface area contributed by atoms with Gasteiger partial charge in [-0.05, 0) is 43.9 Å². The number of hydrogen-bond donors (Lipinski definition) is 2. The van der Waals surface area contributed by atoms with Crippen molar-refractivity contribution in [2.75, 3.05) is 24.3 Å². The third kappa shape index (κ3) is 4.57. The zero-order chi connectivity index (χ0) is 22.0. The van der Waals surface area contributed by atoms with Crippen molar-refractivity contribution in [2.24, 2.45) is 0 Å². The monoisotopic (exact) mass is 424 g/mol. The maximum Gasteiger partial charge on any atom is 0.433 e. The summed E-state index contributed by atoms with van der Waals surface area (Å²) in [6.07, 6.45) is 3.24. The van der Waals surface area contributed by atoms with Gasteiger partial charge >= 0.3 is 5.88 Å². The second-order valence-corrected chi connectivity index (χ2v) is 7.84. The molecule has 0 bridgehead atoms. The zero-order valence-corrected chi connectivity index (χ0v) is 17.4. The molecule has 0 saturated heterocycles. The van der Waals surface area contributed by atoms with E-state index in [1.807, 2.05) is 43.3 Å². The van der Waals surface area contributed by atoms with Gasteiger partial charge in [0, 0.05) is 31.6 Å². The van der Waals surface area contributed by atoms with Crippen molar-refractivity contribution in [3.63, 3.8) is 0 Å². The lowest BCUT2D eigenvalue weighted by molar-refractivity contribution is -0.402. The molecule has 1 aliphatic rings. The third-order valence-electron chi connectivity index (χ3n) is 5.40. The molecule has 0 spiro atoms. The van der Waals surface area contributed by atoms with Crippen LogP contribution in [0.25, 0.3) is 10.9 Å². The summed E-state index contributed by atoms with van der Waals surface area (Å²) in [5.41, 5.74) is 0.886. The van der Waals surface area contributed by atoms with Crippen molar-refractivity contribution in [1.29, 1.82) is 0 Å². The molecule has 10 heteroatoms. The number of nitrogens with one attached hydrogen (secondary N) is 2. The Bertz CT molecular complexity index is 1100. The molecule has 0 atom stereocenters. The maximum absolute atomic E-state index is 12.3. The number of benzene rings is 1. The molecule has 31 heavy (non-hydrogen) atoms. The minimum absolute atomic E-state index is 0.00966. The lowest BCUT2D eigenvalue weighted by atomic mass is 9.91. The zero-order valence-electron chi connectivity index (χ0n) is 17.4. The number of nitro groups is 1. The highest BCUT2D eigenvalue weighted by molar-refractivity contribution is 5.92. The lowest BCUT2D eigenvalue weighted by Crippen LogP contribution is -2.40. The number of rotatable bonds is 6. The molecule has 4 rings (SSSR count). The van der Waals surface area contributed by atoms with Gasteiger partial charge in [-0.1, -0.05) is 12.1 Å². The van der Waals surface area contributed by atoms with Crippen LogP contribution in [0.4, 0.5) is 17.7 Å². The Labute approximate surface area is 178 Å². The Balaban J connectivity index is 1.36. The second-order valence-electron chi connectivity index (χ2n) is 7.84. The van der Waals surface area contributed by atoms with Crippen LogP contribution in [0.5, 0.6) is 0 Å². The molecule has 2 N–H and O–H groups in total. The van der Waals surface area contributed by atoms with Crippen LogP contribution in [0, 0.1) is 10.1 Å². The van der Waals surface area contributed by atoms with Gasteiger partial charge in [-0.15, -0.1) is 0 Å². The summed E-state index contributed by atoms with van der Waals surface area (Å²) in [5, 5.41) is 18.0. The predicted octanol–water partition coefficient (Wildman–Crippen LogP) is 3.35. The highest BCUT2D eigenvalue weighted by Crippen LogP contribution is 2.26. The number of amides is 1. The minimum Gasteiger partial charge on any atom is -0.395 e. The van der Waals surface area contributed by atoms with E-state index in [1.54, 1.807) is 0 Å². The number of aromatic nitrogens is 2. The van der Waals surface area contributed by atoms with E-state index in [4.69, 9.17) is 4.42 Å². The Morgan fingerprint density at radius 2 is 1.81 bits per heavy atom. The Hall–Kier alpha value is -3.69. The van der Waals surface area contributed by atoms with E-state index in [9.17, 15) is 14.9 Å². The van der Waals surface area contributed by atoms with Crippen LogP contribution < -0.4 is 15.5 Å². The second kappa shape index (κ2) is 8.58. The van der Waals surface area contributed by atoms with Crippen molar-refractivity contribution in [3.05, 3.63) is 52.3 Å². The number of carbonyl (C=O) groups excluding carboxylic acids is 1. The van der Waals surface area contributed by atoms with Gasteiger partial charge in [-0.3, -0.25) is 14.9 Å². The smallest absolute Gasteiger partial charge is 0.395 e. The van der Waals surface area contributed by atoms with E-state index < -0.39 is 16.7 Å². The van der Waals surface area contributed by atoms with Gasteiger partial charge in [0.15, 0.2) is 5.76 Å². The third-order valence-corrected chi connectivity index (χ3v) is 5.40. The first-order valence-electron chi connectivity index (χ1n) is 10.2. The van der Waals surface area contributed by atoms with Crippen molar-refractivity contribution in [1.82, 2.24) is 15.3 Å². The summed E-state index contributed by atoms with van der Waals surface area (Å²) in [7, 11) is 3.92. The van der Waals surface area contributed by atoms with Crippen molar-refractivity contribution >= 4 is 34.5 Å². The fourth-order valence-corrected chi connectivity index (χ4v) is 3.83. The standard InChI is InChI=1S/C21H24N6O4/c1-26(2)19-15-5-3-4-6-16(15)24-21(25-19)23-14-9-7-13(8-10-14)22-20(28)17-11-12-18(31-17)27(29)30/h3-6,11-14H,7-10H2,1-2H3,(H,22,28)(H,23,24,25). The molecule has 1 amide bonds. The van der Waals surface area contributed by atoms with E-state index in [0.717, 1.165) is 42.4 Å². The summed E-state index contributed by atoms with van der Waals surface area (Å²) in [6.45, 7) is 0. The highest BCUT2D eigenvalue weighted by Gasteiger charge is 2.25. The highest BCUT2D eigenvalue weighted by atomic mass is 16.6. The first-order chi connectivity index (χ1) is 14.9. The molecule has 3 aromatic rings. The molecule has 1 aliphatic carbocycles. The molecule has 0 aliphatic heterocycles. The Morgan fingerprint density at radius 3 is 2.48 bits per heavy atom. The molecule has 0 unspecified atom stereocenters. The normalized spacial score (nSPS) is 18.5. The minimum atomic E-state index is -0.662. The molecular weight excluding hydrogens is 400 g/mol. The predicted molar refractivity (Wildman–Crippen MR) is 116 cm³/mol. The summed E-state index contributed by atoms with van der Waals surface area (Å²) < 4.78 is 4.97. The van der Waals surface area contributed by atoms with Crippen molar-refractivity contribution in [3.8, 4) is 0 Å². The average Bonchev–Trinajstić information content (AvgIpc) is 3.25. The van der Waals surface area contributed by atoms with Gasteiger partial charge in [0.25, 0.3) is 5.91 Å². The van der Waals surface area contributed by atoms with Crippen molar-refractivity contribution in [2.45, 2.75) is 37.8 Å². The number of fused-ring (bicyclic) bond motifs is 1. The topological polar surface area (TPSA) is 126 Å². The number of furan rings is 1. The van der Waals surface area contributed by atoms with E-state index in [-0.39, 0.29) is 17.8 Å². The van der Waals surface area contributed by atoms with Crippen LogP contribution in [-0.2, 0) is 0 Å². The molecule has 1 aromatic carbocycles. The van der Waals surface area contributed by atoms with Gasteiger partial charge in [-0.25, -0.2) is 4.98 Å². The summed E-state index contributed by atoms with van der Waals surface area (Å²) in [4.78, 5) is 33.6. The van der Waals surface area contributed by atoms with Gasteiger partial charge in [0.05, 0.1) is 11.6 Å². The first-order valence-corrected chi connectivity index (χ1v) is 10.2. The first kappa shape index (κ1) is 20.6. The number of para-hydroxylation sites is 1. The molecule has 1 saturated carbocycles. The maximum atomic E-state index is 12.3. The quantitative estimate of drug-likeness (QED) is 0.456.